The van der Waals surface area contributed by atoms with Gasteiger partial charge in [-0.3, -0.25) is 9.10 Å². The van der Waals surface area contributed by atoms with Crippen LogP contribution in [0.4, 0.5) is 24.5 Å². The first-order valence-corrected chi connectivity index (χ1v) is 10.6. The second-order valence-electron chi connectivity index (χ2n) is 6.11. The zero-order chi connectivity index (χ0) is 22.5. The van der Waals surface area contributed by atoms with Crippen LogP contribution in [0.5, 0.6) is 5.75 Å². The third-order valence-electron chi connectivity index (χ3n) is 3.72. The van der Waals surface area contributed by atoms with Gasteiger partial charge in [0.1, 0.15) is 18.9 Å². The van der Waals surface area contributed by atoms with Crippen molar-refractivity contribution in [2.45, 2.75) is 6.18 Å². The molecule has 0 aromatic heterocycles. The highest BCUT2D eigenvalue weighted by atomic mass is 35.5. The van der Waals surface area contributed by atoms with Crippen LogP contribution in [0.1, 0.15) is 5.56 Å². The Labute approximate surface area is 176 Å². The molecular formula is C19H18ClF3N2O4S. The van der Waals surface area contributed by atoms with Crippen molar-refractivity contribution < 1.29 is 31.1 Å². The summed E-state index contributed by atoms with van der Waals surface area (Å²) >= 11 is 5.58. The van der Waals surface area contributed by atoms with Crippen LogP contribution in [-0.4, -0.2) is 33.7 Å². The fraction of sp³-hybridized carbons (Fsp3) is 0.211. The molecule has 0 saturated heterocycles. The summed E-state index contributed by atoms with van der Waals surface area (Å²) < 4.78 is 69.5. The van der Waals surface area contributed by atoms with Crippen molar-refractivity contribution in [1.29, 1.82) is 0 Å². The van der Waals surface area contributed by atoms with E-state index in [0.717, 1.165) is 18.4 Å². The summed E-state index contributed by atoms with van der Waals surface area (Å²) in [6, 6.07) is 8.92. The van der Waals surface area contributed by atoms with Crippen LogP contribution < -0.4 is 14.4 Å². The number of nitrogens with one attached hydrogen (secondary N) is 1. The van der Waals surface area contributed by atoms with E-state index in [1.54, 1.807) is 18.2 Å². The van der Waals surface area contributed by atoms with E-state index in [9.17, 15) is 26.4 Å². The molecule has 30 heavy (non-hydrogen) atoms. The van der Waals surface area contributed by atoms with E-state index in [1.165, 1.54) is 12.1 Å². The van der Waals surface area contributed by atoms with Gasteiger partial charge in [0.2, 0.25) is 15.9 Å². The average molecular weight is 463 g/mol. The Morgan fingerprint density at radius 1 is 1.27 bits per heavy atom. The van der Waals surface area contributed by atoms with Crippen molar-refractivity contribution in [2.75, 3.05) is 29.0 Å². The van der Waals surface area contributed by atoms with Crippen molar-refractivity contribution in [3.05, 3.63) is 65.7 Å². The van der Waals surface area contributed by atoms with E-state index < -0.39 is 39.2 Å². The molecule has 0 unspecified atom stereocenters. The van der Waals surface area contributed by atoms with E-state index in [1.807, 2.05) is 0 Å². The molecule has 6 nitrogen and oxygen atoms in total. The van der Waals surface area contributed by atoms with Gasteiger partial charge in [0.15, 0.2) is 0 Å². The van der Waals surface area contributed by atoms with E-state index in [-0.39, 0.29) is 12.3 Å². The van der Waals surface area contributed by atoms with Crippen molar-refractivity contribution in [2.24, 2.45) is 0 Å². The lowest BCUT2D eigenvalue weighted by Crippen LogP contribution is -2.37. The van der Waals surface area contributed by atoms with Crippen LogP contribution in [0.15, 0.2) is 55.1 Å². The molecule has 1 N–H and O–H groups in total. The van der Waals surface area contributed by atoms with E-state index in [2.05, 4.69) is 11.9 Å². The van der Waals surface area contributed by atoms with Crippen molar-refractivity contribution in [1.82, 2.24) is 0 Å². The summed E-state index contributed by atoms with van der Waals surface area (Å²) in [5.41, 5.74) is -1.22. The molecule has 0 aliphatic rings. The maximum Gasteiger partial charge on any atom is 0.417 e. The molecule has 2 aromatic carbocycles. The predicted octanol–water partition coefficient (Wildman–Crippen LogP) is 4.33. The highest BCUT2D eigenvalue weighted by Gasteiger charge is 2.34. The number of nitrogens with zero attached hydrogens (tertiary/aromatic N) is 1. The third-order valence-corrected chi connectivity index (χ3v) is 5.19. The largest absolute Gasteiger partial charge is 0.489 e. The number of rotatable bonds is 8. The Morgan fingerprint density at radius 3 is 2.57 bits per heavy atom. The first kappa shape index (κ1) is 23.6. The van der Waals surface area contributed by atoms with Gasteiger partial charge in [-0.15, -0.1) is 0 Å². The summed E-state index contributed by atoms with van der Waals surface area (Å²) in [5.74, 6) is -0.315. The predicted molar refractivity (Wildman–Crippen MR) is 109 cm³/mol. The Kier molecular flexibility index (Phi) is 7.38. The minimum absolute atomic E-state index is 0.247. The Hall–Kier alpha value is -2.72. The Morgan fingerprint density at radius 2 is 1.97 bits per heavy atom. The second-order valence-corrected chi connectivity index (χ2v) is 8.42. The zero-order valence-electron chi connectivity index (χ0n) is 15.7. The number of hydrogen-bond donors (Lipinski definition) is 1. The van der Waals surface area contributed by atoms with Gasteiger partial charge in [0, 0.05) is 11.8 Å². The first-order chi connectivity index (χ1) is 13.9. The number of halogens is 4. The average Bonchev–Trinajstić information content (AvgIpc) is 2.63. The van der Waals surface area contributed by atoms with Crippen LogP contribution >= 0.6 is 11.6 Å². The monoisotopic (exact) mass is 462 g/mol. The molecule has 0 heterocycles. The van der Waals surface area contributed by atoms with Crippen LogP contribution in [-0.2, 0) is 21.0 Å². The van der Waals surface area contributed by atoms with Gasteiger partial charge >= 0.3 is 6.18 Å². The number of amides is 1. The molecular weight excluding hydrogens is 445 g/mol. The number of sulfonamides is 1. The summed E-state index contributed by atoms with van der Waals surface area (Å²) in [6.45, 7) is 3.03. The molecule has 162 valence electrons. The number of carbonyl (C=O) groups is 1. The topological polar surface area (TPSA) is 75.7 Å². The number of alkyl halides is 3. The van der Waals surface area contributed by atoms with Gasteiger partial charge in [-0.05, 0) is 30.3 Å². The fourth-order valence-corrected chi connectivity index (χ4v) is 3.51. The number of hydrogen-bond acceptors (Lipinski definition) is 4. The number of benzene rings is 2. The molecule has 0 fully saturated rings. The maximum absolute atomic E-state index is 13.1. The van der Waals surface area contributed by atoms with Crippen LogP contribution in [0.2, 0.25) is 5.02 Å². The lowest BCUT2D eigenvalue weighted by molar-refractivity contribution is -0.137. The SMILES string of the molecule is C=CCOc1cccc(NC(=O)CN(c2ccc(Cl)c(C(F)(F)F)c2)S(C)(=O)=O)c1. The van der Waals surface area contributed by atoms with E-state index in [4.69, 9.17) is 16.3 Å². The Balaban J connectivity index is 2.26. The lowest BCUT2D eigenvalue weighted by atomic mass is 10.2. The van der Waals surface area contributed by atoms with E-state index >= 15 is 0 Å². The smallest absolute Gasteiger partial charge is 0.417 e. The van der Waals surface area contributed by atoms with E-state index in [0.29, 0.717) is 21.8 Å². The van der Waals surface area contributed by atoms with Crippen molar-refractivity contribution in [3.63, 3.8) is 0 Å². The van der Waals surface area contributed by atoms with Crippen LogP contribution in [0, 0.1) is 0 Å². The lowest BCUT2D eigenvalue weighted by Gasteiger charge is -2.23. The van der Waals surface area contributed by atoms with Crippen molar-refractivity contribution >= 4 is 38.9 Å². The second kappa shape index (κ2) is 9.40. The zero-order valence-corrected chi connectivity index (χ0v) is 17.3. The fourth-order valence-electron chi connectivity index (χ4n) is 2.44. The minimum Gasteiger partial charge on any atom is -0.489 e. The summed E-state index contributed by atoms with van der Waals surface area (Å²) in [5, 5.41) is 1.91. The highest BCUT2D eigenvalue weighted by molar-refractivity contribution is 7.92. The highest BCUT2D eigenvalue weighted by Crippen LogP contribution is 2.37. The summed E-state index contributed by atoms with van der Waals surface area (Å²) in [7, 11) is -4.07. The third kappa shape index (κ3) is 6.39. The van der Waals surface area contributed by atoms with Gasteiger partial charge in [-0.1, -0.05) is 30.3 Å². The number of ether oxygens (including phenoxy) is 1. The molecule has 1 amide bonds. The summed E-state index contributed by atoms with van der Waals surface area (Å²) in [6.07, 6.45) is -2.47. The van der Waals surface area contributed by atoms with Gasteiger partial charge in [-0.25, -0.2) is 8.42 Å². The molecule has 0 radical (unpaired) electrons. The molecule has 2 aromatic rings. The molecule has 11 heteroatoms. The van der Waals surface area contributed by atoms with Crippen LogP contribution in [0.25, 0.3) is 0 Å². The molecule has 0 bridgehead atoms. The molecule has 0 atom stereocenters. The summed E-state index contributed by atoms with van der Waals surface area (Å²) in [4.78, 5) is 12.4. The number of carbonyl (C=O) groups excluding carboxylic acids is 1. The first-order valence-electron chi connectivity index (χ1n) is 8.40. The van der Waals surface area contributed by atoms with Gasteiger partial charge < -0.3 is 10.1 Å². The minimum atomic E-state index is -4.79. The Bertz CT molecular complexity index is 1040. The molecule has 0 saturated carbocycles. The standard InChI is InChI=1S/C19H18ClF3N2O4S/c1-3-9-29-15-6-4-5-13(10-15)24-18(26)12-25(30(2,27)28)14-7-8-17(20)16(11-14)19(21,22)23/h3-8,10-11H,1,9,12H2,2H3,(H,24,26). The van der Waals surface area contributed by atoms with Crippen LogP contribution in [0.3, 0.4) is 0 Å². The molecule has 0 aliphatic carbocycles. The quantitative estimate of drug-likeness (QED) is 0.592. The van der Waals surface area contributed by atoms with Gasteiger partial charge in [0.05, 0.1) is 22.5 Å². The van der Waals surface area contributed by atoms with Gasteiger partial charge in [0.25, 0.3) is 0 Å². The molecule has 2 rings (SSSR count). The molecule has 0 spiro atoms. The maximum atomic E-state index is 13.1. The number of anilines is 2. The van der Waals surface area contributed by atoms with Crippen molar-refractivity contribution in [3.8, 4) is 5.75 Å². The molecule has 0 aliphatic heterocycles. The normalized spacial score (nSPS) is 11.6. The van der Waals surface area contributed by atoms with Gasteiger partial charge in [-0.2, -0.15) is 13.2 Å².